The highest BCUT2D eigenvalue weighted by molar-refractivity contribution is 5.91. The summed E-state index contributed by atoms with van der Waals surface area (Å²) in [5.74, 6) is -0.754. The molecule has 67 heavy (non-hydrogen) atoms. The van der Waals surface area contributed by atoms with E-state index >= 15 is 0 Å². The molecule has 2 aliphatic rings. The lowest BCUT2D eigenvalue weighted by Crippen LogP contribution is -2.29. The lowest BCUT2D eigenvalue weighted by atomic mass is 9.93. The maximum atomic E-state index is 12.4. The standard InChI is InChI=1S/C63H112O4/c1-58-57-60(50-51-61(58)62(64)65-2)59-49-47-45-43-41-39-37-35-33-31-29-27-25-23-21-19-17-15-13-11-9-7-5-3-4-6-8-10-12-14-16-18-20-22-24-26-28-30-32-34-36-38-40-42-44-46-48-53-63(54-52-59)66-55-56-67-63/h50-52,57H,3-49,53-56H2,1-2H3. The minimum atomic E-state index is -0.492. The summed E-state index contributed by atoms with van der Waals surface area (Å²) < 4.78 is 17.8. The average Bonchev–Trinajstić information content (AvgIpc) is 3.81. The molecule has 3 rings (SSSR count). The third-order valence-electron chi connectivity index (χ3n) is 15.7. The maximum Gasteiger partial charge on any atom is 0.338 e. The number of carbonyl (C=O) groups excluding carboxylic acids is 1. The summed E-state index contributed by atoms with van der Waals surface area (Å²) >= 11 is 0. The molecule has 1 aromatic rings. The summed E-state index contributed by atoms with van der Waals surface area (Å²) in [5, 5.41) is 0. The molecule has 1 spiro atoms. The van der Waals surface area contributed by atoms with Gasteiger partial charge in [0.1, 0.15) is 0 Å². The van der Waals surface area contributed by atoms with Gasteiger partial charge in [0.15, 0.2) is 5.79 Å². The number of rotatable bonds is 2. The summed E-state index contributed by atoms with van der Waals surface area (Å²) in [6.45, 7) is 3.41. The van der Waals surface area contributed by atoms with Crippen LogP contribution in [0.15, 0.2) is 24.3 Å². The molecule has 388 valence electrons. The predicted molar refractivity (Wildman–Crippen MR) is 291 cm³/mol. The van der Waals surface area contributed by atoms with Crippen LogP contribution < -0.4 is 0 Å². The van der Waals surface area contributed by atoms with Crippen LogP contribution in [0.2, 0.25) is 0 Å². The van der Waals surface area contributed by atoms with E-state index < -0.39 is 5.79 Å². The smallest absolute Gasteiger partial charge is 0.338 e. The molecule has 0 atom stereocenters. The van der Waals surface area contributed by atoms with Gasteiger partial charge in [-0.2, -0.15) is 0 Å². The monoisotopic (exact) mass is 933 g/mol. The van der Waals surface area contributed by atoms with Gasteiger partial charge in [0, 0.05) is 12.8 Å². The van der Waals surface area contributed by atoms with Gasteiger partial charge in [0.05, 0.1) is 25.9 Å². The van der Waals surface area contributed by atoms with E-state index in [4.69, 9.17) is 14.2 Å². The van der Waals surface area contributed by atoms with Crippen LogP contribution in [0.25, 0.3) is 5.57 Å². The zero-order valence-corrected chi connectivity index (χ0v) is 45.0. The molecule has 0 saturated carbocycles. The number of carbonyl (C=O) groups is 1. The molecule has 4 heteroatoms. The highest BCUT2D eigenvalue weighted by Gasteiger charge is 2.35. The van der Waals surface area contributed by atoms with Crippen molar-refractivity contribution < 1.29 is 19.0 Å². The lowest BCUT2D eigenvalue weighted by Gasteiger charge is -2.27. The summed E-state index contributed by atoms with van der Waals surface area (Å²) in [7, 11) is 1.46. The van der Waals surface area contributed by atoms with Crippen LogP contribution in [0, 0.1) is 6.92 Å². The van der Waals surface area contributed by atoms with E-state index in [1.165, 1.54) is 307 Å². The summed E-state index contributed by atoms with van der Waals surface area (Å²) in [5.41, 5.74) is 4.21. The Morgan fingerprint density at radius 2 is 0.701 bits per heavy atom. The molecule has 1 aliphatic heterocycles. The van der Waals surface area contributed by atoms with Gasteiger partial charge in [-0.15, -0.1) is 0 Å². The zero-order chi connectivity index (χ0) is 47.4. The third kappa shape index (κ3) is 32.0. The minimum absolute atomic E-state index is 0.262. The Labute approximate surface area is 417 Å². The fourth-order valence-electron chi connectivity index (χ4n) is 11.2. The molecular formula is C63H112O4. The molecule has 1 aromatic carbocycles. The van der Waals surface area contributed by atoms with E-state index in [-0.39, 0.29) is 5.97 Å². The second kappa shape index (κ2) is 43.2. The second-order valence-corrected chi connectivity index (χ2v) is 21.8. The first-order valence-electron chi connectivity index (χ1n) is 30.3. The number of allylic oxidation sites excluding steroid dienone is 1. The molecule has 1 heterocycles. The van der Waals surface area contributed by atoms with Crippen molar-refractivity contribution in [3.05, 3.63) is 41.0 Å². The van der Waals surface area contributed by atoms with Gasteiger partial charge in [-0.05, 0) is 49.0 Å². The Balaban J connectivity index is 1.36. The number of aryl methyl sites for hydroxylation is 1. The van der Waals surface area contributed by atoms with Crippen LogP contribution >= 0.6 is 0 Å². The quantitative estimate of drug-likeness (QED) is 0.277. The number of esters is 1. The molecular weight excluding hydrogens is 821 g/mol. The van der Waals surface area contributed by atoms with Crippen molar-refractivity contribution in [2.75, 3.05) is 20.3 Å². The normalized spacial score (nSPS) is 22.9. The molecule has 0 unspecified atom stereocenters. The summed E-state index contributed by atoms with van der Waals surface area (Å²) in [6.07, 6.45) is 70.8. The topological polar surface area (TPSA) is 44.8 Å². The highest BCUT2D eigenvalue weighted by Crippen LogP contribution is 2.34. The molecule has 4 nitrogen and oxygen atoms in total. The molecule has 0 bridgehead atoms. The van der Waals surface area contributed by atoms with E-state index in [0.29, 0.717) is 18.8 Å². The van der Waals surface area contributed by atoms with Crippen LogP contribution in [-0.2, 0) is 14.2 Å². The average molecular weight is 934 g/mol. The third-order valence-corrected chi connectivity index (χ3v) is 15.7. The van der Waals surface area contributed by atoms with Crippen molar-refractivity contribution in [2.24, 2.45) is 0 Å². The van der Waals surface area contributed by atoms with Crippen LogP contribution in [0.1, 0.15) is 336 Å². The van der Waals surface area contributed by atoms with E-state index in [0.717, 1.165) is 31.2 Å². The van der Waals surface area contributed by atoms with Gasteiger partial charge in [0.25, 0.3) is 0 Å². The van der Waals surface area contributed by atoms with Gasteiger partial charge in [0.2, 0.25) is 0 Å². The van der Waals surface area contributed by atoms with Crippen molar-refractivity contribution in [1.82, 2.24) is 0 Å². The van der Waals surface area contributed by atoms with E-state index in [2.05, 4.69) is 18.2 Å². The fourth-order valence-corrected chi connectivity index (χ4v) is 11.2. The van der Waals surface area contributed by atoms with Crippen LogP contribution in [0.5, 0.6) is 0 Å². The van der Waals surface area contributed by atoms with Gasteiger partial charge < -0.3 is 14.2 Å². The largest absolute Gasteiger partial charge is 0.465 e. The van der Waals surface area contributed by atoms with Crippen LogP contribution in [0.3, 0.4) is 0 Å². The SMILES string of the molecule is COC(=O)c1ccc(C2=CCC3(CCCCCCCCCCCCCCCCCCCCCCCCCCCCCCCCCCCCCCCCCCCCCCCC2)OCCO3)cc1C. The van der Waals surface area contributed by atoms with E-state index in [9.17, 15) is 4.79 Å². The van der Waals surface area contributed by atoms with Gasteiger partial charge in [-0.25, -0.2) is 4.79 Å². The number of benzene rings is 1. The maximum absolute atomic E-state index is 12.4. The van der Waals surface area contributed by atoms with Crippen molar-refractivity contribution in [2.45, 2.75) is 327 Å². The second-order valence-electron chi connectivity index (χ2n) is 21.8. The number of hydrogen-bond donors (Lipinski definition) is 0. The number of ether oxygens (including phenoxy) is 3. The Kier molecular flexibility index (Phi) is 38.4. The van der Waals surface area contributed by atoms with Crippen molar-refractivity contribution in [3.63, 3.8) is 0 Å². The zero-order valence-electron chi connectivity index (χ0n) is 45.0. The highest BCUT2D eigenvalue weighted by atomic mass is 16.7. The molecule has 1 fully saturated rings. The van der Waals surface area contributed by atoms with Gasteiger partial charge in [-0.3, -0.25) is 0 Å². The summed E-state index contributed by atoms with van der Waals surface area (Å²) in [4.78, 5) is 12.4. The Bertz CT molecular complexity index is 1290. The Morgan fingerprint density at radius 3 is 0.985 bits per heavy atom. The first-order chi connectivity index (χ1) is 33.1. The Hall–Kier alpha value is -1.65. The first-order valence-corrected chi connectivity index (χ1v) is 30.3. The fraction of sp³-hybridized carbons (Fsp3) is 0.857. The predicted octanol–water partition coefficient (Wildman–Crippen LogP) is 21.0. The Morgan fingerprint density at radius 1 is 0.418 bits per heavy atom. The van der Waals surface area contributed by atoms with Crippen molar-refractivity contribution >= 4 is 11.5 Å². The molecule has 0 N–H and O–H groups in total. The van der Waals surface area contributed by atoms with Crippen LogP contribution in [-0.4, -0.2) is 32.1 Å². The lowest BCUT2D eigenvalue weighted by molar-refractivity contribution is -0.159. The number of methoxy groups -OCH3 is 1. The van der Waals surface area contributed by atoms with E-state index in [1.807, 2.05) is 13.0 Å². The molecule has 0 radical (unpaired) electrons. The molecule has 1 saturated heterocycles. The molecule has 0 aromatic heterocycles. The first kappa shape index (κ1) is 59.7. The number of hydrogen-bond acceptors (Lipinski definition) is 4. The van der Waals surface area contributed by atoms with Crippen molar-refractivity contribution in [1.29, 1.82) is 0 Å². The van der Waals surface area contributed by atoms with Crippen LogP contribution in [0.4, 0.5) is 0 Å². The summed E-state index contributed by atoms with van der Waals surface area (Å²) in [6, 6.07) is 6.25. The van der Waals surface area contributed by atoms with E-state index in [1.54, 1.807) is 0 Å². The van der Waals surface area contributed by atoms with Gasteiger partial charge >= 0.3 is 5.97 Å². The molecule has 1 aliphatic carbocycles. The van der Waals surface area contributed by atoms with Crippen molar-refractivity contribution in [3.8, 4) is 0 Å². The molecule has 0 amide bonds. The van der Waals surface area contributed by atoms with Gasteiger partial charge in [-0.1, -0.05) is 301 Å². The minimum Gasteiger partial charge on any atom is -0.465 e.